The van der Waals surface area contributed by atoms with Crippen LogP contribution in [-0.4, -0.2) is 62.1 Å². The van der Waals surface area contributed by atoms with E-state index in [4.69, 9.17) is 4.74 Å². The third-order valence-electron chi connectivity index (χ3n) is 6.15. The quantitative estimate of drug-likeness (QED) is 0.686. The van der Waals surface area contributed by atoms with Crippen molar-refractivity contribution in [1.29, 1.82) is 0 Å². The van der Waals surface area contributed by atoms with Gasteiger partial charge in [-0.1, -0.05) is 38.3 Å². The van der Waals surface area contributed by atoms with E-state index in [2.05, 4.69) is 5.32 Å². The molecule has 1 aromatic carbocycles. The summed E-state index contributed by atoms with van der Waals surface area (Å²) in [5.41, 5.74) is -0.939. The first-order chi connectivity index (χ1) is 14.7. The number of hydrogen-bond acceptors (Lipinski definition) is 5. The van der Waals surface area contributed by atoms with Crippen molar-refractivity contribution in [3.8, 4) is 5.75 Å². The number of nitrogens with zero attached hydrogens (tertiary/aromatic N) is 2. The molecule has 1 aliphatic heterocycles. The molecule has 3 rings (SSSR count). The fourth-order valence-corrected chi connectivity index (χ4v) is 6.06. The SMILES string of the molecule is CCCS(=O)(=O)N1CC(=O)N(c2ccccc2OC)[C@@](C)(C(=O)NC2CCCCC2)C1. The van der Waals surface area contributed by atoms with Crippen molar-refractivity contribution >= 4 is 27.5 Å². The molecule has 2 amide bonds. The van der Waals surface area contributed by atoms with Crippen LogP contribution in [-0.2, 0) is 19.6 Å². The number of piperazine rings is 1. The maximum atomic E-state index is 13.6. The second kappa shape index (κ2) is 9.56. The zero-order valence-electron chi connectivity index (χ0n) is 18.6. The molecule has 1 saturated carbocycles. The summed E-state index contributed by atoms with van der Waals surface area (Å²) in [6, 6.07) is 7.04. The van der Waals surface area contributed by atoms with Gasteiger partial charge in [-0.2, -0.15) is 4.31 Å². The Morgan fingerprint density at radius 3 is 2.55 bits per heavy atom. The Balaban J connectivity index is 2.01. The van der Waals surface area contributed by atoms with Crippen molar-refractivity contribution in [3.05, 3.63) is 24.3 Å². The summed E-state index contributed by atoms with van der Waals surface area (Å²) in [6.07, 6.45) is 5.47. The van der Waals surface area contributed by atoms with Gasteiger partial charge in [0.05, 0.1) is 25.1 Å². The number of carbonyl (C=O) groups excluding carboxylic acids is 2. The summed E-state index contributed by atoms with van der Waals surface area (Å²) in [7, 11) is -2.15. The average molecular weight is 452 g/mol. The minimum Gasteiger partial charge on any atom is -0.495 e. The zero-order chi connectivity index (χ0) is 22.6. The maximum Gasteiger partial charge on any atom is 0.247 e. The predicted octanol–water partition coefficient (Wildman–Crippen LogP) is 2.29. The van der Waals surface area contributed by atoms with Crippen LogP contribution >= 0.6 is 0 Å². The van der Waals surface area contributed by atoms with E-state index in [1.165, 1.54) is 12.0 Å². The van der Waals surface area contributed by atoms with Gasteiger partial charge >= 0.3 is 0 Å². The number of benzene rings is 1. The van der Waals surface area contributed by atoms with Crippen LogP contribution in [0.15, 0.2) is 24.3 Å². The number of carbonyl (C=O) groups is 2. The van der Waals surface area contributed by atoms with Crippen LogP contribution in [0.4, 0.5) is 5.69 Å². The first-order valence-electron chi connectivity index (χ1n) is 11.0. The number of anilines is 1. The second-order valence-corrected chi connectivity index (χ2v) is 10.7. The lowest BCUT2D eigenvalue weighted by atomic mass is 9.91. The van der Waals surface area contributed by atoms with Crippen molar-refractivity contribution in [2.75, 3.05) is 30.9 Å². The van der Waals surface area contributed by atoms with E-state index in [0.29, 0.717) is 17.9 Å². The topological polar surface area (TPSA) is 96.0 Å². The third-order valence-corrected chi connectivity index (χ3v) is 8.12. The molecule has 2 fully saturated rings. The largest absolute Gasteiger partial charge is 0.495 e. The molecule has 1 saturated heterocycles. The highest BCUT2D eigenvalue weighted by Gasteiger charge is 2.51. The molecule has 0 bridgehead atoms. The minimum atomic E-state index is -3.65. The Labute approximate surface area is 185 Å². The molecule has 31 heavy (non-hydrogen) atoms. The highest BCUT2D eigenvalue weighted by atomic mass is 32.2. The Hall–Kier alpha value is -2.13. The van der Waals surface area contributed by atoms with Crippen LogP contribution in [0, 0.1) is 0 Å². The number of ether oxygens (including phenoxy) is 1. The van der Waals surface area contributed by atoms with Crippen molar-refractivity contribution in [3.63, 3.8) is 0 Å². The molecular formula is C22H33N3O5S. The highest BCUT2D eigenvalue weighted by molar-refractivity contribution is 7.89. The molecule has 1 heterocycles. The van der Waals surface area contributed by atoms with E-state index in [1.54, 1.807) is 38.1 Å². The number of nitrogens with one attached hydrogen (secondary N) is 1. The van der Waals surface area contributed by atoms with Gasteiger partial charge in [0.15, 0.2) is 0 Å². The molecule has 9 heteroatoms. The standard InChI is InChI=1S/C22H33N3O5S/c1-4-14-31(28,29)24-15-20(26)25(18-12-8-9-13-19(18)30-3)22(2,16-24)21(27)23-17-10-6-5-7-11-17/h8-9,12-13,17H,4-7,10-11,14-16H2,1-3H3,(H,23,27)/t22-/m1/s1. The molecule has 1 atom stereocenters. The lowest BCUT2D eigenvalue weighted by Crippen LogP contribution is -2.71. The van der Waals surface area contributed by atoms with Gasteiger partial charge in [0.1, 0.15) is 11.3 Å². The Kier molecular flexibility index (Phi) is 7.26. The number of rotatable bonds is 7. The molecule has 0 aromatic heterocycles. The average Bonchev–Trinajstić information content (AvgIpc) is 2.74. The van der Waals surface area contributed by atoms with Gasteiger partial charge in [-0.25, -0.2) is 8.42 Å². The van der Waals surface area contributed by atoms with Crippen LogP contribution in [0.5, 0.6) is 5.75 Å². The molecule has 1 aromatic rings. The normalized spacial score (nSPS) is 23.6. The van der Waals surface area contributed by atoms with Gasteiger partial charge in [0, 0.05) is 12.6 Å². The maximum absolute atomic E-state index is 13.6. The summed E-state index contributed by atoms with van der Waals surface area (Å²) in [5, 5.41) is 3.10. The smallest absolute Gasteiger partial charge is 0.247 e. The molecule has 0 spiro atoms. The van der Waals surface area contributed by atoms with E-state index in [1.807, 2.05) is 0 Å². The fourth-order valence-electron chi connectivity index (χ4n) is 4.53. The summed E-state index contributed by atoms with van der Waals surface area (Å²) in [6.45, 7) is 3.02. The van der Waals surface area contributed by atoms with E-state index in [0.717, 1.165) is 36.4 Å². The lowest BCUT2D eigenvalue weighted by Gasteiger charge is -2.47. The van der Waals surface area contributed by atoms with E-state index in [9.17, 15) is 18.0 Å². The van der Waals surface area contributed by atoms with Crippen LogP contribution in [0.2, 0.25) is 0 Å². The van der Waals surface area contributed by atoms with Gasteiger partial charge in [-0.15, -0.1) is 0 Å². The number of amides is 2. The number of sulfonamides is 1. The minimum absolute atomic E-state index is 0.0373. The Morgan fingerprint density at radius 2 is 1.90 bits per heavy atom. The van der Waals surface area contributed by atoms with Gasteiger partial charge in [0.25, 0.3) is 0 Å². The third kappa shape index (κ3) is 4.87. The van der Waals surface area contributed by atoms with E-state index < -0.39 is 21.5 Å². The first kappa shape index (κ1) is 23.5. The van der Waals surface area contributed by atoms with Gasteiger partial charge < -0.3 is 10.1 Å². The van der Waals surface area contributed by atoms with Crippen molar-refractivity contribution in [1.82, 2.24) is 9.62 Å². The number of hydrogen-bond donors (Lipinski definition) is 1. The van der Waals surface area contributed by atoms with Crippen molar-refractivity contribution in [2.45, 2.75) is 64.0 Å². The van der Waals surface area contributed by atoms with Crippen LogP contribution in [0.25, 0.3) is 0 Å². The molecule has 8 nitrogen and oxygen atoms in total. The summed E-state index contributed by atoms with van der Waals surface area (Å²) < 4.78 is 32.2. The Morgan fingerprint density at radius 1 is 1.23 bits per heavy atom. The molecule has 2 aliphatic rings. The summed E-state index contributed by atoms with van der Waals surface area (Å²) in [4.78, 5) is 28.3. The first-order valence-corrected chi connectivity index (χ1v) is 12.6. The Bertz CT molecular complexity index is 913. The van der Waals surface area contributed by atoms with Gasteiger partial charge in [0.2, 0.25) is 21.8 Å². The van der Waals surface area contributed by atoms with E-state index in [-0.39, 0.29) is 30.8 Å². The molecular weight excluding hydrogens is 418 g/mol. The molecule has 0 radical (unpaired) electrons. The predicted molar refractivity (Wildman–Crippen MR) is 120 cm³/mol. The monoisotopic (exact) mass is 451 g/mol. The molecule has 172 valence electrons. The van der Waals surface area contributed by atoms with Crippen LogP contribution in [0.3, 0.4) is 0 Å². The highest BCUT2D eigenvalue weighted by Crippen LogP contribution is 2.37. The van der Waals surface area contributed by atoms with E-state index >= 15 is 0 Å². The van der Waals surface area contributed by atoms with Crippen molar-refractivity contribution < 1.29 is 22.7 Å². The summed E-state index contributed by atoms with van der Waals surface area (Å²) in [5.74, 6) is -0.390. The van der Waals surface area contributed by atoms with Crippen LogP contribution in [0.1, 0.15) is 52.4 Å². The molecule has 1 N–H and O–H groups in total. The second-order valence-electron chi connectivity index (χ2n) is 8.57. The van der Waals surface area contributed by atoms with Gasteiger partial charge in [-0.3, -0.25) is 14.5 Å². The van der Waals surface area contributed by atoms with Crippen molar-refractivity contribution in [2.24, 2.45) is 0 Å². The lowest BCUT2D eigenvalue weighted by molar-refractivity contribution is -0.133. The zero-order valence-corrected chi connectivity index (χ0v) is 19.4. The fraction of sp³-hybridized carbons (Fsp3) is 0.636. The number of methoxy groups -OCH3 is 1. The molecule has 1 aliphatic carbocycles. The van der Waals surface area contributed by atoms with Crippen LogP contribution < -0.4 is 15.0 Å². The number of para-hydroxylation sites is 2. The molecule has 0 unspecified atom stereocenters. The summed E-state index contributed by atoms with van der Waals surface area (Å²) >= 11 is 0. The van der Waals surface area contributed by atoms with Gasteiger partial charge in [-0.05, 0) is 38.3 Å².